The average molecular weight is 480 g/mol. The number of carbonyl (C=O) groups excluding carboxylic acids is 3. The van der Waals surface area contributed by atoms with Gasteiger partial charge in [-0.2, -0.15) is 0 Å². The van der Waals surface area contributed by atoms with Crippen LogP contribution in [0.2, 0.25) is 0 Å². The number of fused-ring (bicyclic) bond motifs is 3. The summed E-state index contributed by atoms with van der Waals surface area (Å²) in [5.74, 6) is -0.570. The molecular formula is C29H21NO4S. The van der Waals surface area contributed by atoms with Crippen molar-refractivity contribution in [1.82, 2.24) is 0 Å². The summed E-state index contributed by atoms with van der Waals surface area (Å²) in [6.45, 7) is 0.329. The molecule has 1 aliphatic carbocycles. The summed E-state index contributed by atoms with van der Waals surface area (Å²) in [6, 6.07) is 25.1. The molecule has 1 amide bonds. The molecular weight excluding hydrogens is 458 g/mol. The number of amides is 1. The second-order valence-corrected chi connectivity index (χ2v) is 9.60. The quantitative estimate of drug-likeness (QED) is 0.254. The minimum atomic E-state index is -0.447. The molecule has 1 heterocycles. The normalized spacial score (nSPS) is 13.5. The molecule has 0 N–H and O–H groups in total. The molecule has 5 nitrogen and oxygen atoms in total. The standard InChI is InChI=1S/C29H21NO4S/c31-26(30-15-14-18-6-1-4-11-24(18)30)16-34-27(32)17-35-25-13-12-20-19-7-2-3-8-21(19)29(33)23-10-5-9-22(25)28(20)23/h1-13H,14-17H2. The van der Waals surface area contributed by atoms with Gasteiger partial charge in [0.25, 0.3) is 5.91 Å². The zero-order valence-corrected chi connectivity index (χ0v) is 19.6. The van der Waals surface area contributed by atoms with Crippen LogP contribution in [-0.2, 0) is 20.7 Å². The van der Waals surface area contributed by atoms with Gasteiger partial charge in [0.1, 0.15) is 0 Å². The highest BCUT2D eigenvalue weighted by molar-refractivity contribution is 8.00. The minimum Gasteiger partial charge on any atom is -0.455 e. The first kappa shape index (κ1) is 21.6. The van der Waals surface area contributed by atoms with Gasteiger partial charge in [-0.05, 0) is 40.6 Å². The highest BCUT2D eigenvalue weighted by Crippen LogP contribution is 2.42. The molecule has 0 radical (unpaired) electrons. The number of hydrogen-bond acceptors (Lipinski definition) is 5. The lowest BCUT2D eigenvalue weighted by Gasteiger charge is -2.21. The molecule has 0 spiro atoms. The van der Waals surface area contributed by atoms with Crippen molar-refractivity contribution in [2.24, 2.45) is 0 Å². The molecule has 1 aliphatic heterocycles. The number of esters is 1. The van der Waals surface area contributed by atoms with Gasteiger partial charge in [0.15, 0.2) is 12.4 Å². The molecule has 0 saturated heterocycles. The maximum absolute atomic E-state index is 13.1. The van der Waals surface area contributed by atoms with E-state index in [4.69, 9.17) is 4.74 Å². The van der Waals surface area contributed by atoms with Gasteiger partial charge in [-0.1, -0.05) is 66.7 Å². The number of nitrogens with zero attached hydrogens (tertiary/aromatic N) is 1. The molecule has 2 aliphatic rings. The molecule has 0 atom stereocenters. The Morgan fingerprint density at radius 1 is 0.829 bits per heavy atom. The zero-order valence-electron chi connectivity index (χ0n) is 18.8. The Kier molecular flexibility index (Phi) is 5.38. The number of anilines is 1. The molecule has 172 valence electrons. The number of benzene rings is 4. The monoisotopic (exact) mass is 479 g/mol. The van der Waals surface area contributed by atoms with Crippen molar-refractivity contribution >= 4 is 45.9 Å². The second kappa shape index (κ2) is 8.71. The molecule has 6 rings (SSSR count). The molecule has 0 saturated carbocycles. The fraction of sp³-hybridized carbons (Fsp3) is 0.138. The Bertz CT molecular complexity index is 1530. The fourth-order valence-corrected chi connectivity index (χ4v) is 5.82. The lowest BCUT2D eigenvalue weighted by atomic mass is 9.83. The van der Waals surface area contributed by atoms with E-state index in [2.05, 4.69) is 0 Å². The van der Waals surface area contributed by atoms with Gasteiger partial charge >= 0.3 is 5.97 Å². The molecule has 0 aromatic heterocycles. The van der Waals surface area contributed by atoms with Crippen molar-refractivity contribution in [2.75, 3.05) is 23.8 Å². The predicted octanol–water partition coefficient (Wildman–Crippen LogP) is 5.28. The van der Waals surface area contributed by atoms with E-state index >= 15 is 0 Å². The highest BCUT2D eigenvalue weighted by Gasteiger charge is 2.27. The van der Waals surface area contributed by atoms with Crippen molar-refractivity contribution in [3.8, 4) is 11.1 Å². The van der Waals surface area contributed by atoms with Gasteiger partial charge < -0.3 is 9.64 Å². The lowest BCUT2D eigenvalue weighted by Crippen LogP contribution is -2.33. The summed E-state index contributed by atoms with van der Waals surface area (Å²) in [4.78, 5) is 40.7. The summed E-state index contributed by atoms with van der Waals surface area (Å²) in [5.41, 5.74) is 5.36. The van der Waals surface area contributed by atoms with Crippen molar-refractivity contribution in [1.29, 1.82) is 0 Å². The second-order valence-electron chi connectivity index (χ2n) is 8.59. The first-order chi connectivity index (χ1) is 17.1. The van der Waals surface area contributed by atoms with Crippen LogP contribution in [0.4, 0.5) is 5.69 Å². The molecule has 6 heteroatoms. The van der Waals surface area contributed by atoms with Crippen LogP contribution in [0.3, 0.4) is 0 Å². The maximum atomic E-state index is 13.1. The summed E-state index contributed by atoms with van der Waals surface area (Å²) < 4.78 is 5.30. The maximum Gasteiger partial charge on any atom is 0.316 e. The van der Waals surface area contributed by atoms with Crippen LogP contribution in [0, 0.1) is 0 Å². The van der Waals surface area contributed by atoms with E-state index in [0.717, 1.165) is 44.5 Å². The Morgan fingerprint density at radius 2 is 1.60 bits per heavy atom. The number of rotatable bonds is 5. The minimum absolute atomic E-state index is 0.0160. The number of thioether (sulfide) groups is 1. The van der Waals surface area contributed by atoms with E-state index in [1.54, 1.807) is 4.90 Å². The van der Waals surface area contributed by atoms with E-state index < -0.39 is 5.97 Å². The van der Waals surface area contributed by atoms with Gasteiger partial charge in [-0.3, -0.25) is 14.4 Å². The number of carbonyl (C=O) groups is 3. The number of para-hydroxylation sites is 1. The molecule has 0 unspecified atom stereocenters. The van der Waals surface area contributed by atoms with Crippen molar-refractivity contribution in [3.05, 3.63) is 95.6 Å². The third-order valence-corrected chi connectivity index (χ3v) is 7.64. The number of ketones is 1. The van der Waals surface area contributed by atoms with Crippen LogP contribution in [0.25, 0.3) is 21.9 Å². The van der Waals surface area contributed by atoms with Gasteiger partial charge in [-0.25, -0.2) is 0 Å². The van der Waals surface area contributed by atoms with Crippen molar-refractivity contribution < 1.29 is 19.1 Å². The van der Waals surface area contributed by atoms with E-state index in [1.807, 2.05) is 78.9 Å². The van der Waals surface area contributed by atoms with Crippen LogP contribution in [0.1, 0.15) is 21.5 Å². The zero-order chi connectivity index (χ0) is 23.9. The summed E-state index contributed by atoms with van der Waals surface area (Å²) >= 11 is 1.35. The molecule has 0 fully saturated rings. The van der Waals surface area contributed by atoms with Crippen LogP contribution < -0.4 is 4.90 Å². The highest BCUT2D eigenvalue weighted by atomic mass is 32.2. The smallest absolute Gasteiger partial charge is 0.316 e. The van der Waals surface area contributed by atoms with Gasteiger partial charge in [-0.15, -0.1) is 11.8 Å². The Labute approximate surface area is 206 Å². The third-order valence-electron chi connectivity index (χ3n) is 6.60. The summed E-state index contributed by atoms with van der Waals surface area (Å²) in [6.07, 6.45) is 0.809. The predicted molar refractivity (Wildman–Crippen MR) is 137 cm³/mol. The Hall–Kier alpha value is -3.90. The first-order valence-electron chi connectivity index (χ1n) is 11.5. The Balaban J connectivity index is 1.17. The molecule has 4 aromatic rings. The summed E-state index contributed by atoms with van der Waals surface area (Å²) in [5, 5.41) is 1.85. The van der Waals surface area contributed by atoms with Gasteiger partial charge in [0.2, 0.25) is 0 Å². The molecule has 0 bridgehead atoms. The van der Waals surface area contributed by atoms with Gasteiger partial charge in [0, 0.05) is 33.6 Å². The van der Waals surface area contributed by atoms with Gasteiger partial charge in [0.05, 0.1) is 5.75 Å². The van der Waals surface area contributed by atoms with Crippen LogP contribution in [0.5, 0.6) is 0 Å². The topological polar surface area (TPSA) is 63.7 Å². The Morgan fingerprint density at radius 3 is 2.49 bits per heavy atom. The average Bonchev–Trinajstić information content (AvgIpc) is 3.33. The van der Waals surface area contributed by atoms with Crippen LogP contribution >= 0.6 is 11.8 Å². The van der Waals surface area contributed by atoms with E-state index in [1.165, 1.54) is 11.8 Å². The molecule has 4 aromatic carbocycles. The van der Waals surface area contributed by atoms with Crippen LogP contribution in [0.15, 0.2) is 83.8 Å². The molecule has 35 heavy (non-hydrogen) atoms. The largest absolute Gasteiger partial charge is 0.455 e. The van der Waals surface area contributed by atoms with Crippen molar-refractivity contribution in [3.63, 3.8) is 0 Å². The lowest BCUT2D eigenvalue weighted by molar-refractivity contribution is -0.145. The number of ether oxygens (including phenoxy) is 1. The van der Waals surface area contributed by atoms with E-state index in [0.29, 0.717) is 17.7 Å². The van der Waals surface area contributed by atoms with E-state index in [9.17, 15) is 14.4 Å². The fourth-order valence-electron chi connectivity index (χ4n) is 4.98. The van der Waals surface area contributed by atoms with Crippen LogP contribution in [-0.4, -0.2) is 36.6 Å². The first-order valence-corrected chi connectivity index (χ1v) is 12.5. The van der Waals surface area contributed by atoms with E-state index in [-0.39, 0.29) is 24.1 Å². The number of hydrogen-bond donors (Lipinski definition) is 0. The van der Waals surface area contributed by atoms with Crippen molar-refractivity contribution in [2.45, 2.75) is 11.3 Å². The third kappa shape index (κ3) is 3.70. The summed E-state index contributed by atoms with van der Waals surface area (Å²) in [7, 11) is 0. The SMILES string of the molecule is O=C(CSc1ccc2c3c(cccc13)C(=O)c1ccccc1-2)OCC(=O)N1CCc2ccccc21.